The van der Waals surface area contributed by atoms with Gasteiger partial charge in [-0.05, 0) is 39.5 Å². The van der Waals surface area contributed by atoms with Gasteiger partial charge in [0, 0.05) is 6.42 Å². The van der Waals surface area contributed by atoms with Crippen molar-refractivity contribution in [3.05, 3.63) is 0 Å². The lowest BCUT2D eigenvalue weighted by Gasteiger charge is -2.26. The number of hydrogen-bond acceptors (Lipinski definition) is 4. The molecule has 1 aliphatic heterocycles. The van der Waals surface area contributed by atoms with Crippen LogP contribution in [0, 0.1) is 0 Å². The summed E-state index contributed by atoms with van der Waals surface area (Å²) >= 11 is 5.27. The highest BCUT2D eigenvalue weighted by molar-refractivity contribution is 8.10. The summed E-state index contributed by atoms with van der Waals surface area (Å²) in [5.74, 6) is 0. The van der Waals surface area contributed by atoms with Crippen LogP contribution in [0.1, 0.15) is 34.1 Å². The average molecular weight is 224 g/mol. The standard InChI is InChI=1S/C8H17O3PS/c1-5-10-12(13)8(4,9)6-7(2,3)11-12/h9H,5-6H2,1-4H3/t8-,12?/m0/s1. The summed E-state index contributed by atoms with van der Waals surface area (Å²) in [5.41, 5.74) is -0.367. The third kappa shape index (κ3) is 2.13. The highest BCUT2D eigenvalue weighted by atomic mass is 32.5. The molecule has 0 spiro atoms. The van der Waals surface area contributed by atoms with E-state index in [2.05, 4.69) is 0 Å². The Morgan fingerprint density at radius 2 is 2.08 bits per heavy atom. The Hall–Kier alpha value is 0.530. The fourth-order valence-corrected chi connectivity index (χ4v) is 4.97. The van der Waals surface area contributed by atoms with Crippen molar-refractivity contribution in [1.82, 2.24) is 0 Å². The second-order valence-corrected chi connectivity index (χ2v) is 8.00. The third-order valence-corrected chi connectivity index (χ3v) is 6.41. The molecule has 13 heavy (non-hydrogen) atoms. The SMILES string of the molecule is CCOP1(=S)OC(C)(C)C[C@@]1(C)O. The molecule has 2 atom stereocenters. The predicted molar refractivity (Wildman–Crippen MR) is 56.3 cm³/mol. The molecule has 0 radical (unpaired) electrons. The van der Waals surface area contributed by atoms with Crippen LogP contribution in [-0.4, -0.2) is 22.7 Å². The van der Waals surface area contributed by atoms with Crippen molar-refractivity contribution in [3.63, 3.8) is 0 Å². The maximum absolute atomic E-state index is 10.1. The van der Waals surface area contributed by atoms with E-state index in [4.69, 9.17) is 20.9 Å². The van der Waals surface area contributed by atoms with Crippen LogP contribution in [0.25, 0.3) is 0 Å². The van der Waals surface area contributed by atoms with Crippen LogP contribution in [0.5, 0.6) is 0 Å². The number of aliphatic hydroxyl groups is 1. The van der Waals surface area contributed by atoms with Gasteiger partial charge in [-0.3, -0.25) is 0 Å². The van der Waals surface area contributed by atoms with E-state index in [9.17, 15) is 5.11 Å². The molecule has 0 aromatic heterocycles. The average Bonchev–Trinajstić information content (AvgIpc) is 1.96. The fraction of sp³-hybridized carbons (Fsp3) is 1.00. The topological polar surface area (TPSA) is 38.7 Å². The van der Waals surface area contributed by atoms with Gasteiger partial charge in [-0.25, -0.2) is 0 Å². The minimum absolute atomic E-state index is 0.367. The molecule has 78 valence electrons. The Morgan fingerprint density at radius 1 is 1.54 bits per heavy atom. The van der Waals surface area contributed by atoms with Crippen LogP contribution >= 0.6 is 6.49 Å². The summed E-state index contributed by atoms with van der Waals surface area (Å²) in [6, 6.07) is 0. The number of rotatable bonds is 2. The van der Waals surface area contributed by atoms with Crippen molar-refractivity contribution in [2.45, 2.75) is 45.1 Å². The van der Waals surface area contributed by atoms with E-state index in [1.54, 1.807) is 6.92 Å². The lowest BCUT2D eigenvalue weighted by molar-refractivity contribution is 0.0931. The first-order valence-corrected chi connectivity index (χ1v) is 7.04. The van der Waals surface area contributed by atoms with Gasteiger partial charge in [0.25, 0.3) is 0 Å². The summed E-state index contributed by atoms with van der Waals surface area (Å²) in [6.45, 7) is 5.40. The van der Waals surface area contributed by atoms with E-state index in [0.717, 1.165) is 0 Å². The Balaban J connectivity index is 2.93. The van der Waals surface area contributed by atoms with Crippen LogP contribution in [0.3, 0.4) is 0 Å². The van der Waals surface area contributed by atoms with Gasteiger partial charge in [0.05, 0.1) is 12.2 Å². The van der Waals surface area contributed by atoms with Crippen molar-refractivity contribution in [2.24, 2.45) is 0 Å². The maximum atomic E-state index is 10.1. The lowest BCUT2D eigenvalue weighted by atomic mass is 10.0. The third-order valence-electron chi connectivity index (χ3n) is 2.02. The van der Waals surface area contributed by atoms with Gasteiger partial charge < -0.3 is 14.2 Å². The molecule has 0 amide bonds. The van der Waals surface area contributed by atoms with Gasteiger partial charge in [0.1, 0.15) is 5.34 Å². The minimum Gasteiger partial charge on any atom is -0.380 e. The predicted octanol–water partition coefficient (Wildman–Crippen LogP) is 2.24. The monoisotopic (exact) mass is 224 g/mol. The van der Waals surface area contributed by atoms with Gasteiger partial charge in [-0.2, -0.15) is 0 Å². The normalized spacial score (nSPS) is 43.8. The van der Waals surface area contributed by atoms with E-state index in [1.807, 2.05) is 20.8 Å². The van der Waals surface area contributed by atoms with Crippen molar-refractivity contribution in [3.8, 4) is 0 Å². The van der Waals surface area contributed by atoms with E-state index >= 15 is 0 Å². The molecule has 3 nitrogen and oxygen atoms in total. The molecule has 1 unspecified atom stereocenters. The van der Waals surface area contributed by atoms with Crippen molar-refractivity contribution in [1.29, 1.82) is 0 Å². The zero-order valence-corrected chi connectivity index (χ0v) is 10.2. The van der Waals surface area contributed by atoms with E-state index in [1.165, 1.54) is 0 Å². The first kappa shape index (κ1) is 11.6. The first-order valence-electron chi connectivity index (χ1n) is 4.40. The Labute approximate surface area is 84.6 Å². The molecule has 1 fully saturated rings. The molecule has 1 aliphatic rings. The summed E-state index contributed by atoms with van der Waals surface area (Å²) in [6.07, 6.45) is 0.539. The van der Waals surface area contributed by atoms with Crippen molar-refractivity contribution < 1.29 is 14.2 Å². The second kappa shape index (κ2) is 3.28. The molecule has 0 saturated carbocycles. The van der Waals surface area contributed by atoms with Crippen molar-refractivity contribution >= 4 is 18.3 Å². The molecule has 0 bridgehead atoms. The van der Waals surface area contributed by atoms with Gasteiger partial charge in [-0.15, -0.1) is 0 Å². The molecular weight excluding hydrogens is 207 g/mol. The molecular formula is C8H17O3PS. The molecule has 1 heterocycles. The van der Waals surface area contributed by atoms with Crippen LogP contribution in [0.4, 0.5) is 0 Å². The summed E-state index contributed by atoms with van der Waals surface area (Å²) in [5, 5.41) is 9.09. The highest BCUT2D eigenvalue weighted by Gasteiger charge is 2.54. The maximum Gasteiger partial charge on any atom is 0.220 e. The summed E-state index contributed by atoms with van der Waals surface area (Å²) < 4.78 is 11.0. The lowest BCUT2D eigenvalue weighted by Crippen LogP contribution is -2.24. The van der Waals surface area contributed by atoms with Crippen molar-refractivity contribution in [2.75, 3.05) is 6.61 Å². The van der Waals surface area contributed by atoms with Gasteiger partial charge in [0.2, 0.25) is 6.49 Å². The molecule has 5 heteroatoms. The zero-order chi connectivity index (χ0) is 10.3. The molecule has 0 aromatic carbocycles. The zero-order valence-electron chi connectivity index (χ0n) is 8.53. The number of hydrogen-bond donors (Lipinski definition) is 1. The van der Waals surface area contributed by atoms with E-state index in [-0.39, 0.29) is 5.60 Å². The molecule has 1 N–H and O–H groups in total. The Morgan fingerprint density at radius 3 is 2.38 bits per heavy atom. The van der Waals surface area contributed by atoms with Gasteiger partial charge in [-0.1, -0.05) is 0 Å². The van der Waals surface area contributed by atoms with Crippen LogP contribution in [0.2, 0.25) is 0 Å². The Bertz CT molecular complexity index is 250. The van der Waals surface area contributed by atoms with Crippen LogP contribution < -0.4 is 0 Å². The Kier molecular flexibility index (Phi) is 2.93. The first-order chi connectivity index (χ1) is 5.72. The molecule has 0 aliphatic carbocycles. The molecule has 1 saturated heterocycles. The highest BCUT2D eigenvalue weighted by Crippen LogP contribution is 2.69. The summed E-state index contributed by atoms with van der Waals surface area (Å²) in [4.78, 5) is 0. The van der Waals surface area contributed by atoms with Gasteiger partial charge >= 0.3 is 0 Å². The molecule has 1 rings (SSSR count). The largest absolute Gasteiger partial charge is 0.380 e. The van der Waals surface area contributed by atoms with Crippen LogP contribution in [0.15, 0.2) is 0 Å². The minimum atomic E-state index is -2.51. The van der Waals surface area contributed by atoms with Gasteiger partial charge in [0.15, 0.2) is 0 Å². The summed E-state index contributed by atoms with van der Waals surface area (Å²) in [7, 11) is 0. The second-order valence-electron chi connectivity index (χ2n) is 4.16. The van der Waals surface area contributed by atoms with E-state index in [0.29, 0.717) is 13.0 Å². The van der Waals surface area contributed by atoms with E-state index < -0.39 is 11.8 Å². The quantitative estimate of drug-likeness (QED) is 0.730. The molecule has 0 aromatic rings. The smallest absolute Gasteiger partial charge is 0.220 e. The van der Waals surface area contributed by atoms with Crippen LogP contribution in [-0.2, 0) is 20.9 Å². The fourth-order valence-electron chi connectivity index (χ4n) is 1.69.